The highest BCUT2D eigenvalue weighted by molar-refractivity contribution is 7.17. The minimum Gasteiger partial charge on any atom is -0.261 e. The zero-order chi connectivity index (χ0) is 11.0. The van der Waals surface area contributed by atoms with Gasteiger partial charge in [-0.25, -0.2) is 0 Å². The van der Waals surface area contributed by atoms with Crippen molar-refractivity contribution in [1.82, 2.24) is 4.98 Å². The summed E-state index contributed by atoms with van der Waals surface area (Å²) < 4.78 is 1.33. The predicted octanol–water partition coefficient (Wildman–Crippen LogP) is 4.27. The predicted molar refractivity (Wildman–Crippen MR) is 69.8 cm³/mol. The van der Waals surface area contributed by atoms with Gasteiger partial charge in [-0.15, -0.1) is 11.3 Å². The van der Waals surface area contributed by atoms with Crippen LogP contribution in [0.25, 0.3) is 21.2 Å². The van der Waals surface area contributed by atoms with Gasteiger partial charge < -0.3 is 0 Å². The fraction of sp³-hybridized carbons (Fsp3) is 0.0714. The Morgan fingerprint density at radius 3 is 2.75 bits per heavy atom. The van der Waals surface area contributed by atoms with E-state index in [-0.39, 0.29) is 0 Å². The molecule has 0 aliphatic carbocycles. The second-order valence-electron chi connectivity index (χ2n) is 3.78. The molecule has 2 aromatic heterocycles. The minimum absolute atomic E-state index is 1.09. The third kappa shape index (κ3) is 1.42. The summed E-state index contributed by atoms with van der Waals surface area (Å²) in [4.78, 5) is 4.35. The van der Waals surface area contributed by atoms with Gasteiger partial charge in [0.2, 0.25) is 0 Å². The Bertz CT molecular complexity index is 640. The molecule has 0 unspecified atom stereocenters. The van der Waals surface area contributed by atoms with E-state index in [2.05, 4.69) is 47.6 Å². The lowest BCUT2D eigenvalue weighted by Gasteiger charge is -2.02. The average Bonchev–Trinajstić information content (AvgIpc) is 2.74. The van der Waals surface area contributed by atoms with Crippen LogP contribution in [-0.2, 0) is 0 Å². The highest BCUT2D eigenvalue weighted by Gasteiger charge is 2.07. The van der Waals surface area contributed by atoms with Gasteiger partial charge in [0.25, 0.3) is 0 Å². The highest BCUT2D eigenvalue weighted by Crippen LogP contribution is 2.34. The molecule has 78 valence electrons. The van der Waals surface area contributed by atoms with Crippen molar-refractivity contribution in [1.29, 1.82) is 0 Å². The quantitative estimate of drug-likeness (QED) is 0.602. The minimum atomic E-state index is 1.09. The monoisotopic (exact) mass is 225 g/mol. The fourth-order valence-corrected chi connectivity index (χ4v) is 2.92. The second-order valence-corrected chi connectivity index (χ2v) is 4.69. The lowest BCUT2D eigenvalue weighted by molar-refractivity contribution is 1.21. The van der Waals surface area contributed by atoms with E-state index in [0.29, 0.717) is 0 Å². The van der Waals surface area contributed by atoms with Crippen LogP contribution in [0, 0.1) is 6.92 Å². The van der Waals surface area contributed by atoms with E-state index in [1.807, 2.05) is 12.3 Å². The maximum atomic E-state index is 4.35. The summed E-state index contributed by atoms with van der Waals surface area (Å²) in [6.07, 6.45) is 1.84. The molecular formula is C14H11NS. The third-order valence-electron chi connectivity index (χ3n) is 2.78. The van der Waals surface area contributed by atoms with Crippen LogP contribution >= 0.6 is 11.3 Å². The Balaban J connectivity index is 2.31. The first-order valence-corrected chi connectivity index (χ1v) is 6.12. The van der Waals surface area contributed by atoms with Crippen LogP contribution in [-0.4, -0.2) is 4.98 Å². The summed E-state index contributed by atoms with van der Waals surface area (Å²) in [5.74, 6) is 0. The summed E-state index contributed by atoms with van der Waals surface area (Å²) in [6, 6.07) is 12.6. The molecule has 3 rings (SSSR count). The number of hydrogen-bond donors (Lipinski definition) is 0. The van der Waals surface area contributed by atoms with E-state index in [0.717, 1.165) is 5.69 Å². The molecule has 0 N–H and O–H groups in total. The maximum absolute atomic E-state index is 4.35. The molecule has 0 spiro atoms. The topological polar surface area (TPSA) is 12.9 Å². The van der Waals surface area contributed by atoms with E-state index in [1.54, 1.807) is 11.3 Å². The van der Waals surface area contributed by atoms with Crippen molar-refractivity contribution in [2.24, 2.45) is 0 Å². The Labute approximate surface area is 98.4 Å². The van der Waals surface area contributed by atoms with E-state index in [9.17, 15) is 0 Å². The number of fused-ring (bicyclic) bond motifs is 1. The van der Waals surface area contributed by atoms with Crippen LogP contribution in [0.2, 0.25) is 0 Å². The van der Waals surface area contributed by atoms with Gasteiger partial charge in [-0.05, 0) is 24.4 Å². The van der Waals surface area contributed by atoms with Crippen LogP contribution < -0.4 is 0 Å². The molecule has 0 atom stereocenters. The van der Waals surface area contributed by atoms with E-state index in [4.69, 9.17) is 0 Å². The number of rotatable bonds is 1. The van der Waals surface area contributed by atoms with Gasteiger partial charge in [0.05, 0.1) is 0 Å². The molecule has 16 heavy (non-hydrogen) atoms. The number of hydrogen-bond acceptors (Lipinski definition) is 2. The Morgan fingerprint density at radius 2 is 1.88 bits per heavy atom. The third-order valence-corrected chi connectivity index (χ3v) is 3.74. The lowest BCUT2D eigenvalue weighted by atomic mass is 10.0. The van der Waals surface area contributed by atoms with Gasteiger partial charge >= 0.3 is 0 Å². The number of pyridine rings is 1. The molecule has 1 nitrogen and oxygen atoms in total. The molecule has 2 heterocycles. The lowest BCUT2D eigenvalue weighted by Crippen LogP contribution is -1.84. The van der Waals surface area contributed by atoms with Crippen LogP contribution in [0.15, 0.2) is 48.0 Å². The molecule has 0 aliphatic rings. The standard InChI is InChI=1S/C14H11NS/c1-10-11(6-4-8-15-10)13-9-16-14-7-3-2-5-12(13)14/h2-9H,1H3. The molecule has 0 fully saturated rings. The normalized spacial score (nSPS) is 10.8. The summed E-state index contributed by atoms with van der Waals surface area (Å²) in [5.41, 5.74) is 3.62. The zero-order valence-electron chi connectivity index (χ0n) is 8.97. The zero-order valence-corrected chi connectivity index (χ0v) is 9.79. The van der Waals surface area contributed by atoms with E-state index in [1.165, 1.54) is 21.2 Å². The van der Waals surface area contributed by atoms with Gasteiger partial charge in [-0.3, -0.25) is 4.98 Å². The van der Waals surface area contributed by atoms with Crippen molar-refractivity contribution in [3.8, 4) is 11.1 Å². The number of thiophene rings is 1. The molecule has 1 aromatic carbocycles. The number of benzene rings is 1. The molecule has 0 saturated carbocycles. The van der Waals surface area contributed by atoms with Crippen molar-refractivity contribution in [3.63, 3.8) is 0 Å². The molecule has 3 aromatic rings. The molecule has 0 saturated heterocycles. The molecular weight excluding hydrogens is 214 g/mol. The molecule has 0 aliphatic heterocycles. The fourth-order valence-electron chi connectivity index (χ4n) is 1.96. The number of aryl methyl sites for hydroxylation is 1. The molecule has 0 radical (unpaired) electrons. The van der Waals surface area contributed by atoms with E-state index < -0.39 is 0 Å². The Kier molecular flexibility index (Phi) is 2.22. The first-order chi connectivity index (χ1) is 7.86. The van der Waals surface area contributed by atoms with Gasteiger partial charge in [0, 0.05) is 33.1 Å². The summed E-state index contributed by atoms with van der Waals surface area (Å²) in [5, 5.41) is 3.54. The molecule has 0 bridgehead atoms. The molecule has 0 amide bonds. The van der Waals surface area contributed by atoms with Crippen molar-refractivity contribution >= 4 is 21.4 Å². The van der Waals surface area contributed by atoms with Gasteiger partial charge in [-0.2, -0.15) is 0 Å². The van der Waals surface area contributed by atoms with Crippen molar-refractivity contribution in [3.05, 3.63) is 53.7 Å². The van der Waals surface area contributed by atoms with Crippen LogP contribution in [0.5, 0.6) is 0 Å². The maximum Gasteiger partial charge on any atom is 0.0451 e. The van der Waals surface area contributed by atoms with Crippen molar-refractivity contribution < 1.29 is 0 Å². The largest absolute Gasteiger partial charge is 0.261 e. The first kappa shape index (κ1) is 9.55. The summed E-state index contributed by atoms with van der Waals surface area (Å²) in [7, 11) is 0. The van der Waals surface area contributed by atoms with Crippen molar-refractivity contribution in [2.75, 3.05) is 0 Å². The molecule has 2 heteroatoms. The van der Waals surface area contributed by atoms with Crippen LogP contribution in [0.3, 0.4) is 0 Å². The average molecular weight is 225 g/mol. The van der Waals surface area contributed by atoms with Crippen LogP contribution in [0.4, 0.5) is 0 Å². The first-order valence-electron chi connectivity index (χ1n) is 5.24. The Morgan fingerprint density at radius 1 is 1.00 bits per heavy atom. The van der Waals surface area contributed by atoms with Gasteiger partial charge in [-0.1, -0.05) is 24.3 Å². The Hall–Kier alpha value is -1.67. The SMILES string of the molecule is Cc1ncccc1-c1csc2ccccc12. The van der Waals surface area contributed by atoms with E-state index >= 15 is 0 Å². The number of nitrogens with zero attached hydrogens (tertiary/aromatic N) is 1. The van der Waals surface area contributed by atoms with Gasteiger partial charge in [0.15, 0.2) is 0 Å². The summed E-state index contributed by atoms with van der Waals surface area (Å²) >= 11 is 1.79. The van der Waals surface area contributed by atoms with Crippen molar-refractivity contribution in [2.45, 2.75) is 6.92 Å². The highest BCUT2D eigenvalue weighted by atomic mass is 32.1. The van der Waals surface area contributed by atoms with Crippen LogP contribution in [0.1, 0.15) is 5.69 Å². The second kappa shape index (κ2) is 3.72. The smallest absolute Gasteiger partial charge is 0.0451 e. The number of aromatic nitrogens is 1. The summed E-state index contributed by atoms with van der Waals surface area (Å²) in [6.45, 7) is 2.06. The van der Waals surface area contributed by atoms with Gasteiger partial charge in [0.1, 0.15) is 0 Å².